The first-order valence-electron chi connectivity index (χ1n) is 4.18. The lowest BCUT2D eigenvalue weighted by atomic mass is 10.6. The van der Waals surface area contributed by atoms with Crippen molar-refractivity contribution < 1.29 is 9.53 Å². The highest BCUT2D eigenvalue weighted by molar-refractivity contribution is 14.1. The Morgan fingerprint density at radius 3 is 3.00 bits per heavy atom. The number of carbonyl (C=O) groups is 1. The lowest BCUT2D eigenvalue weighted by Crippen LogP contribution is -2.06. The molecule has 0 aliphatic heterocycles. The molecule has 0 amide bonds. The first kappa shape index (κ1) is 10.9. The molecule has 0 saturated carbocycles. The van der Waals surface area contributed by atoms with Gasteiger partial charge in [0.05, 0.1) is 10.7 Å². The van der Waals surface area contributed by atoms with Gasteiger partial charge in [-0.25, -0.2) is 24.4 Å². The zero-order valence-corrected chi connectivity index (χ0v) is 10.3. The molecule has 0 bridgehead atoms. The molecule has 2 aromatic heterocycles. The molecule has 0 spiro atoms. The number of rotatable bonds is 2. The van der Waals surface area contributed by atoms with E-state index in [-0.39, 0.29) is 5.82 Å². The molecule has 0 aromatic carbocycles. The molecule has 2 rings (SSSR count). The second kappa shape index (κ2) is 4.51. The fourth-order valence-electron chi connectivity index (χ4n) is 1.02. The Labute approximate surface area is 104 Å². The van der Waals surface area contributed by atoms with Crippen molar-refractivity contribution in [2.24, 2.45) is 0 Å². The number of carbonyl (C=O) groups excluding carboxylic acids is 1. The van der Waals surface area contributed by atoms with Gasteiger partial charge in [-0.15, -0.1) is 5.10 Å². The second-order valence-electron chi connectivity index (χ2n) is 2.70. The van der Waals surface area contributed by atoms with Crippen LogP contribution in [0.2, 0.25) is 0 Å². The number of methoxy groups -OCH3 is 1. The lowest BCUT2D eigenvalue weighted by Gasteiger charge is -1.99. The minimum absolute atomic E-state index is 0.00286. The SMILES string of the molecule is COC(=O)c1ncn(-c2ncncc2I)n1. The van der Waals surface area contributed by atoms with E-state index in [9.17, 15) is 4.79 Å². The van der Waals surface area contributed by atoms with Crippen LogP contribution in [-0.2, 0) is 4.74 Å². The Kier molecular flexibility index (Phi) is 3.08. The lowest BCUT2D eigenvalue weighted by molar-refractivity contribution is 0.0587. The van der Waals surface area contributed by atoms with E-state index in [1.165, 1.54) is 24.4 Å². The summed E-state index contributed by atoms with van der Waals surface area (Å²) in [5.41, 5.74) is 0. The van der Waals surface area contributed by atoms with Crippen LogP contribution >= 0.6 is 22.6 Å². The van der Waals surface area contributed by atoms with Gasteiger partial charge in [0.15, 0.2) is 5.82 Å². The van der Waals surface area contributed by atoms with Crippen LogP contribution < -0.4 is 0 Å². The second-order valence-corrected chi connectivity index (χ2v) is 3.86. The molecule has 0 N–H and O–H groups in total. The Morgan fingerprint density at radius 1 is 1.50 bits per heavy atom. The van der Waals surface area contributed by atoms with E-state index < -0.39 is 5.97 Å². The van der Waals surface area contributed by atoms with Gasteiger partial charge in [-0.3, -0.25) is 0 Å². The molecular formula is C8H6IN5O2. The Morgan fingerprint density at radius 2 is 2.31 bits per heavy atom. The van der Waals surface area contributed by atoms with Crippen molar-refractivity contribution in [3.8, 4) is 5.82 Å². The van der Waals surface area contributed by atoms with E-state index >= 15 is 0 Å². The molecule has 82 valence electrons. The summed E-state index contributed by atoms with van der Waals surface area (Å²) in [6, 6.07) is 0. The van der Waals surface area contributed by atoms with Gasteiger partial charge in [0.1, 0.15) is 12.7 Å². The zero-order valence-electron chi connectivity index (χ0n) is 8.16. The topological polar surface area (TPSA) is 82.8 Å². The van der Waals surface area contributed by atoms with Crippen LogP contribution in [-0.4, -0.2) is 37.8 Å². The first-order valence-corrected chi connectivity index (χ1v) is 5.26. The molecule has 8 heteroatoms. The summed E-state index contributed by atoms with van der Waals surface area (Å²) < 4.78 is 6.71. The monoisotopic (exact) mass is 331 g/mol. The molecule has 0 aliphatic rings. The number of ether oxygens (including phenoxy) is 1. The van der Waals surface area contributed by atoms with Crippen molar-refractivity contribution >= 4 is 28.6 Å². The molecule has 2 heterocycles. The summed E-state index contributed by atoms with van der Waals surface area (Å²) in [5, 5.41) is 3.95. The minimum atomic E-state index is -0.581. The van der Waals surface area contributed by atoms with Crippen molar-refractivity contribution in [2.75, 3.05) is 7.11 Å². The Bertz CT molecular complexity index is 527. The third-order valence-electron chi connectivity index (χ3n) is 1.73. The molecule has 0 unspecified atom stereocenters. The highest BCUT2D eigenvalue weighted by Crippen LogP contribution is 2.11. The summed E-state index contributed by atoms with van der Waals surface area (Å²) in [6.45, 7) is 0. The average molecular weight is 331 g/mol. The quantitative estimate of drug-likeness (QED) is 0.587. The molecule has 0 atom stereocenters. The average Bonchev–Trinajstić information content (AvgIpc) is 2.78. The summed E-state index contributed by atoms with van der Waals surface area (Å²) in [6.07, 6.45) is 4.44. The standard InChI is InChI=1S/C8H6IN5O2/c1-16-8(15)6-12-4-14(13-6)7-5(9)2-10-3-11-7/h2-4H,1H3. The van der Waals surface area contributed by atoms with E-state index in [2.05, 4.69) is 47.4 Å². The number of aromatic nitrogens is 5. The van der Waals surface area contributed by atoms with E-state index in [1.54, 1.807) is 6.20 Å². The van der Waals surface area contributed by atoms with Crippen molar-refractivity contribution in [3.63, 3.8) is 0 Å². The van der Waals surface area contributed by atoms with E-state index in [0.717, 1.165) is 3.57 Å². The predicted molar refractivity (Wildman–Crippen MR) is 61.0 cm³/mol. The fourth-order valence-corrected chi connectivity index (χ4v) is 1.57. The van der Waals surface area contributed by atoms with Crippen LogP contribution in [0, 0.1) is 3.57 Å². The van der Waals surface area contributed by atoms with Crippen LogP contribution in [0.5, 0.6) is 0 Å². The third kappa shape index (κ3) is 2.01. The molecule has 0 fully saturated rings. The van der Waals surface area contributed by atoms with Crippen molar-refractivity contribution in [3.05, 3.63) is 28.2 Å². The van der Waals surface area contributed by atoms with Crippen LogP contribution in [0.4, 0.5) is 0 Å². The maximum absolute atomic E-state index is 11.1. The Balaban J connectivity index is 2.39. The van der Waals surface area contributed by atoms with Gasteiger partial charge < -0.3 is 4.74 Å². The summed E-state index contributed by atoms with van der Waals surface area (Å²) in [4.78, 5) is 22.9. The molecule has 16 heavy (non-hydrogen) atoms. The summed E-state index contributed by atoms with van der Waals surface area (Å²) >= 11 is 2.07. The van der Waals surface area contributed by atoms with Gasteiger partial charge in [-0.2, -0.15) is 0 Å². The molecule has 0 saturated heterocycles. The highest BCUT2D eigenvalue weighted by atomic mass is 127. The number of halogens is 1. The van der Waals surface area contributed by atoms with Gasteiger partial charge in [0, 0.05) is 6.20 Å². The first-order chi connectivity index (χ1) is 7.72. The van der Waals surface area contributed by atoms with E-state index in [0.29, 0.717) is 5.82 Å². The maximum Gasteiger partial charge on any atom is 0.377 e. The van der Waals surface area contributed by atoms with Crippen LogP contribution in [0.25, 0.3) is 5.82 Å². The number of hydrogen-bond acceptors (Lipinski definition) is 6. The molecule has 7 nitrogen and oxygen atoms in total. The largest absolute Gasteiger partial charge is 0.463 e. The fraction of sp³-hybridized carbons (Fsp3) is 0.125. The van der Waals surface area contributed by atoms with Crippen molar-refractivity contribution in [1.82, 2.24) is 24.7 Å². The molecule has 0 radical (unpaired) electrons. The van der Waals surface area contributed by atoms with Crippen LogP contribution in [0.15, 0.2) is 18.9 Å². The molecule has 0 aliphatic carbocycles. The van der Waals surface area contributed by atoms with Gasteiger partial charge in [-0.05, 0) is 22.6 Å². The third-order valence-corrected chi connectivity index (χ3v) is 2.49. The summed E-state index contributed by atoms with van der Waals surface area (Å²) in [7, 11) is 1.28. The van der Waals surface area contributed by atoms with E-state index in [4.69, 9.17) is 0 Å². The van der Waals surface area contributed by atoms with Crippen molar-refractivity contribution in [1.29, 1.82) is 0 Å². The van der Waals surface area contributed by atoms with Gasteiger partial charge >= 0.3 is 5.97 Å². The van der Waals surface area contributed by atoms with Crippen molar-refractivity contribution in [2.45, 2.75) is 0 Å². The van der Waals surface area contributed by atoms with Gasteiger partial charge in [-0.1, -0.05) is 0 Å². The zero-order chi connectivity index (χ0) is 11.5. The minimum Gasteiger partial charge on any atom is -0.463 e. The van der Waals surface area contributed by atoms with Crippen LogP contribution in [0.3, 0.4) is 0 Å². The highest BCUT2D eigenvalue weighted by Gasteiger charge is 2.13. The van der Waals surface area contributed by atoms with E-state index in [1.807, 2.05) is 0 Å². The number of esters is 1. The molecule has 2 aromatic rings. The van der Waals surface area contributed by atoms with Gasteiger partial charge in [0.25, 0.3) is 5.82 Å². The predicted octanol–water partition coefficient (Wildman–Crippen LogP) is 0.449. The molecular weight excluding hydrogens is 325 g/mol. The normalized spacial score (nSPS) is 10.1. The maximum atomic E-state index is 11.1. The van der Waals surface area contributed by atoms with Crippen LogP contribution in [0.1, 0.15) is 10.6 Å². The summed E-state index contributed by atoms with van der Waals surface area (Å²) in [5.74, 6) is -0.0158. The number of hydrogen-bond donors (Lipinski definition) is 0. The number of nitrogens with zero attached hydrogens (tertiary/aromatic N) is 5. The van der Waals surface area contributed by atoms with Gasteiger partial charge in [0.2, 0.25) is 0 Å². The Hall–Kier alpha value is -1.58. The smallest absolute Gasteiger partial charge is 0.377 e.